The largest absolute Gasteiger partial charge is 0.365 e. The molecule has 0 saturated heterocycles. The van der Waals surface area contributed by atoms with E-state index in [9.17, 15) is 0 Å². The SMILES string of the molecule is Cc1ccccc1CNc1cnnc(N(C)c2ccccc2)n1. The van der Waals surface area contributed by atoms with Gasteiger partial charge in [0.05, 0.1) is 6.20 Å². The van der Waals surface area contributed by atoms with Gasteiger partial charge in [0.15, 0.2) is 5.82 Å². The number of nitrogens with one attached hydrogen (secondary N) is 1. The monoisotopic (exact) mass is 305 g/mol. The van der Waals surface area contributed by atoms with Crippen molar-refractivity contribution in [3.05, 3.63) is 71.9 Å². The molecule has 0 unspecified atom stereocenters. The molecule has 23 heavy (non-hydrogen) atoms. The third kappa shape index (κ3) is 3.63. The highest BCUT2D eigenvalue weighted by Gasteiger charge is 2.08. The van der Waals surface area contributed by atoms with E-state index < -0.39 is 0 Å². The number of aryl methyl sites for hydroxylation is 1. The lowest BCUT2D eigenvalue weighted by molar-refractivity contribution is 0.921. The molecule has 3 aromatic rings. The van der Waals surface area contributed by atoms with Gasteiger partial charge in [0, 0.05) is 19.3 Å². The summed E-state index contributed by atoms with van der Waals surface area (Å²) in [6, 6.07) is 18.3. The molecule has 0 aliphatic carbocycles. The molecule has 2 aromatic carbocycles. The lowest BCUT2D eigenvalue weighted by Crippen LogP contribution is -2.15. The van der Waals surface area contributed by atoms with Crippen LogP contribution in [0.15, 0.2) is 60.8 Å². The van der Waals surface area contributed by atoms with E-state index in [1.54, 1.807) is 6.20 Å². The maximum absolute atomic E-state index is 4.53. The summed E-state index contributed by atoms with van der Waals surface area (Å²) in [5, 5.41) is 11.5. The average molecular weight is 305 g/mol. The van der Waals surface area contributed by atoms with Crippen LogP contribution in [0, 0.1) is 6.92 Å². The number of hydrogen-bond donors (Lipinski definition) is 1. The lowest BCUT2D eigenvalue weighted by Gasteiger charge is -2.17. The first-order valence-corrected chi connectivity index (χ1v) is 7.51. The fourth-order valence-electron chi connectivity index (χ4n) is 2.28. The fourth-order valence-corrected chi connectivity index (χ4v) is 2.28. The van der Waals surface area contributed by atoms with Crippen LogP contribution in [-0.2, 0) is 6.54 Å². The predicted molar refractivity (Wildman–Crippen MR) is 92.8 cm³/mol. The number of nitrogens with zero attached hydrogens (tertiary/aromatic N) is 4. The van der Waals surface area contributed by atoms with Crippen molar-refractivity contribution in [2.45, 2.75) is 13.5 Å². The summed E-state index contributed by atoms with van der Waals surface area (Å²) in [6.45, 7) is 2.81. The van der Waals surface area contributed by atoms with E-state index in [1.165, 1.54) is 11.1 Å². The van der Waals surface area contributed by atoms with Crippen LogP contribution in [0.1, 0.15) is 11.1 Å². The lowest BCUT2D eigenvalue weighted by atomic mass is 10.1. The maximum Gasteiger partial charge on any atom is 0.251 e. The highest BCUT2D eigenvalue weighted by atomic mass is 15.3. The van der Waals surface area contributed by atoms with Crippen LogP contribution < -0.4 is 10.2 Å². The molecular weight excluding hydrogens is 286 g/mol. The second-order valence-corrected chi connectivity index (χ2v) is 5.32. The molecule has 0 saturated carbocycles. The van der Waals surface area contributed by atoms with Crippen molar-refractivity contribution in [2.24, 2.45) is 0 Å². The van der Waals surface area contributed by atoms with Crippen LogP contribution in [0.4, 0.5) is 17.5 Å². The Bertz CT molecular complexity index is 773. The van der Waals surface area contributed by atoms with Gasteiger partial charge in [0.1, 0.15) is 0 Å². The number of aromatic nitrogens is 3. The summed E-state index contributed by atoms with van der Waals surface area (Å²) in [4.78, 5) is 6.44. The first kappa shape index (κ1) is 15.0. The van der Waals surface area contributed by atoms with Crippen LogP contribution in [0.25, 0.3) is 0 Å². The topological polar surface area (TPSA) is 53.9 Å². The molecule has 0 spiro atoms. The minimum atomic E-state index is 0.561. The normalized spacial score (nSPS) is 10.3. The Morgan fingerprint density at radius 2 is 1.74 bits per heavy atom. The quantitative estimate of drug-likeness (QED) is 0.781. The highest BCUT2D eigenvalue weighted by Crippen LogP contribution is 2.19. The first-order valence-electron chi connectivity index (χ1n) is 7.51. The van der Waals surface area contributed by atoms with Gasteiger partial charge < -0.3 is 10.2 Å². The van der Waals surface area contributed by atoms with Gasteiger partial charge in [-0.1, -0.05) is 42.5 Å². The van der Waals surface area contributed by atoms with Crippen molar-refractivity contribution in [2.75, 3.05) is 17.3 Å². The van der Waals surface area contributed by atoms with Gasteiger partial charge in [-0.05, 0) is 30.2 Å². The van der Waals surface area contributed by atoms with E-state index in [2.05, 4.69) is 39.6 Å². The molecular formula is C18H19N5. The second-order valence-electron chi connectivity index (χ2n) is 5.32. The average Bonchev–Trinajstić information content (AvgIpc) is 2.61. The number of para-hydroxylation sites is 1. The standard InChI is InChI=1S/C18H19N5/c1-14-8-6-7-9-15(14)12-19-17-13-20-22-18(21-17)23(2)16-10-4-3-5-11-16/h3-11,13H,12H2,1-2H3,(H,19,21,22). The highest BCUT2D eigenvalue weighted by molar-refractivity contribution is 5.56. The Hall–Kier alpha value is -2.95. The Balaban J connectivity index is 1.74. The van der Waals surface area contributed by atoms with Gasteiger partial charge in [-0.2, -0.15) is 10.1 Å². The summed E-state index contributed by atoms with van der Waals surface area (Å²) < 4.78 is 0. The maximum atomic E-state index is 4.53. The molecule has 1 heterocycles. The van der Waals surface area contributed by atoms with Crippen LogP contribution in [-0.4, -0.2) is 22.2 Å². The number of anilines is 3. The predicted octanol–water partition coefficient (Wildman–Crippen LogP) is 3.56. The van der Waals surface area contributed by atoms with Crippen molar-refractivity contribution in [1.29, 1.82) is 0 Å². The Kier molecular flexibility index (Phi) is 4.47. The van der Waals surface area contributed by atoms with E-state index in [-0.39, 0.29) is 0 Å². The van der Waals surface area contributed by atoms with Gasteiger partial charge in [-0.3, -0.25) is 0 Å². The molecule has 116 valence electrons. The van der Waals surface area contributed by atoms with E-state index in [1.807, 2.05) is 54.4 Å². The molecule has 5 nitrogen and oxygen atoms in total. The fraction of sp³-hybridized carbons (Fsp3) is 0.167. The van der Waals surface area contributed by atoms with Crippen LogP contribution in [0.5, 0.6) is 0 Å². The molecule has 0 bridgehead atoms. The van der Waals surface area contributed by atoms with E-state index in [4.69, 9.17) is 0 Å². The summed E-state index contributed by atoms with van der Waals surface area (Å²) >= 11 is 0. The van der Waals surface area contributed by atoms with Crippen molar-refractivity contribution < 1.29 is 0 Å². The van der Waals surface area contributed by atoms with Gasteiger partial charge in [-0.25, -0.2) is 0 Å². The van der Waals surface area contributed by atoms with Gasteiger partial charge >= 0.3 is 0 Å². The van der Waals surface area contributed by atoms with Gasteiger partial charge in [0.2, 0.25) is 0 Å². The smallest absolute Gasteiger partial charge is 0.251 e. The van der Waals surface area contributed by atoms with E-state index in [0.717, 1.165) is 5.69 Å². The minimum Gasteiger partial charge on any atom is -0.365 e. The molecule has 5 heteroatoms. The van der Waals surface area contributed by atoms with Crippen LogP contribution in [0.2, 0.25) is 0 Å². The van der Waals surface area contributed by atoms with Crippen molar-refractivity contribution in [3.63, 3.8) is 0 Å². The zero-order chi connectivity index (χ0) is 16.1. The van der Waals surface area contributed by atoms with Crippen molar-refractivity contribution in [1.82, 2.24) is 15.2 Å². The third-order valence-electron chi connectivity index (χ3n) is 3.71. The van der Waals surface area contributed by atoms with Crippen molar-refractivity contribution in [3.8, 4) is 0 Å². The molecule has 0 radical (unpaired) electrons. The van der Waals surface area contributed by atoms with Crippen LogP contribution >= 0.6 is 0 Å². The second kappa shape index (κ2) is 6.87. The summed E-state index contributed by atoms with van der Waals surface area (Å²) in [7, 11) is 1.93. The minimum absolute atomic E-state index is 0.561. The van der Waals surface area contributed by atoms with Gasteiger partial charge in [0.25, 0.3) is 5.95 Å². The molecule has 1 N–H and O–H groups in total. The van der Waals surface area contributed by atoms with Crippen LogP contribution in [0.3, 0.4) is 0 Å². The van der Waals surface area contributed by atoms with Crippen molar-refractivity contribution >= 4 is 17.5 Å². The Labute approximate surface area is 136 Å². The summed E-state index contributed by atoms with van der Waals surface area (Å²) in [6.07, 6.45) is 1.64. The first-order chi connectivity index (χ1) is 11.2. The van der Waals surface area contributed by atoms with Gasteiger partial charge in [-0.15, -0.1) is 5.10 Å². The number of benzene rings is 2. The third-order valence-corrected chi connectivity index (χ3v) is 3.71. The molecule has 0 aliphatic heterocycles. The Morgan fingerprint density at radius 1 is 1.00 bits per heavy atom. The molecule has 0 atom stereocenters. The molecule has 0 aliphatic rings. The van der Waals surface area contributed by atoms with E-state index in [0.29, 0.717) is 18.3 Å². The number of hydrogen-bond acceptors (Lipinski definition) is 5. The molecule has 3 rings (SSSR count). The van der Waals surface area contributed by atoms with E-state index >= 15 is 0 Å². The summed E-state index contributed by atoms with van der Waals surface area (Å²) in [5.74, 6) is 1.27. The molecule has 1 aromatic heterocycles. The summed E-state index contributed by atoms with van der Waals surface area (Å²) in [5.41, 5.74) is 3.51. The zero-order valence-electron chi connectivity index (χ0n) is 13.3. The Morgan fingerprint density at radius 3 is 2.52 bits per heavy atom. The number of rotatable bonds is 5. The molecule has 0 amide bonds. The zero-order valence-corrected chi connectivity index (χ0v) is 13.3. The molecule has 0 fully saturated rings.